The van der Waals surface area contributed by atoms with Crippen LogP contribution in [0, 0.1) is 0 Å². The van der Waals surface area contributed by atoms with E-state index in [-0.39, 0.29) is 40.7 Å². The molecule has 0 saturated carbocycles. The van der Waals surface area contributed by atoms with Crippen LogP contribution in [0.5, 0.6) is 11.5 Å². The van der Waals surface area contributed by atoms with Crippen molar-refractivity contribution >= 4 is 34.0 Å². The first-order valence-corrected chi connectivity index (χ1v) is 21.1. The highest BCUT2D eigenvalue weighted by molar-refractivity contribution is 5.75. The minimum atomic E-state index is -0.278. The minimum absolute atomic E-state index is 0.152. The number of carbonyl (C=O) groups excluding carboxylic acids is 2. The van der Waals surface area contributed by atoms with Crippen LogP contribution in [-0.4, -0.2) is 78.1 Å². The minimum Gasteiger partial charge on any atom is -0.505 e. The monoisotopic (exact) mass is 836 g/mol. The van der Waals surface area contributed by atoms with Gasteiger partial charge in [-0.25, -0.2) is 0 Å². The fourth-order valence-electron chi connectivity index (χ4n) is 6.76. The van der Waals surface area contributed by atoms with Crippen LogP contribution in [0.3, 0.4) is 0 Å². The predicted octanol–water partition coefficient (Wildman–Crippen LogP) is 9.40. The van der Waals surface area contributed by atoms with E-state index in [9.17, 15) is 19.8 Å². The first kappa shape index (κ1) is 47.9. The number of carbonyl (C=O) groups is 2. The molecule has 0 aliphatic carbocycles. The van der Waals surface area contributed by atoms with E-state index < -0.39 is 0 Å². The summed E-state index contributed by atoms with van der Waals surface area (Å²) >= 11 is 0. The third-order valence-electron chi connectivity index (χ3n) is 10.1. The lowest BCUT2D eigenvalue weighted by atomic mass is 9.84. The second-order valence-corrected chi connectivity index (χ2v) is 17.0. The Morgan fingerprint density at radius 3 is 1.34 bits per heavy atom. The van der Waals surface area contributed by atoms with Gasteiger partial charge in [0.1, 0.15) is 44.9 Å². The third-order valence-corrected chi connectivity index (χ3v) is 10.1. The number of aliphatic hydroxyl groups excluding tert-OH is 1. The molecule has 0 atom stereocenters. The van der Waals surface area contributed by atoms with Gasteiger partial charge in [0.15, 0.2) is 0 Å². The number of aromatic nitrogens is 6. The van der Waals surface area contributed by atoms with Crippen molar-refractivity contribution in [3.63, 3.8) is 0 Å². The summed E-state index contributed by atoms with van der Waals surface area (Å²) in [5.74, 6) is -0.129. The number of ether oxygens (including phenoxy) is 2. The molecule has 0 aliphatic heterocycles. The third kappa shape index (κ3) is 13.3. The highest BCUT2D eigenvalue weighted by Gasteiger charge is 2.25. The quantitative estimate of drug-likeness (QED) is 0.0664. The molecule has 13 heteroatoms. The average Bonchev–Trinajstić information content (AvgIpc) is 3.87. The molecule has 3 N–H and O–H groups in total. The number of aromatic hydroxyl groups is 2. The lowest BCUT2D eigenvalue weighted by Gasteiger charge is -2.23. The Morgan fingerprint density at radius 2 is 0.967 bits per heavy atom. The molecule has 6 aromatic rings. The molecule has 6 rings (SSSR count). The number of nitrogens with zero attached hydrogens (tertiary/aromatic N) is 6. The van der Waals surface area contributed by atoms with Crippen LogP contribution in [0.1, 0.15) is 122 Å². The highest BCUT2D eigenvalue weighted by Crippen LogP contribution is 2.38. The Labute approximate surface area is 359 Å². The van der Waals surface area contributed by atoms with Gasteiger partial charge in [-0.1, -0.05) is 117 Å². The summed E-state index contributed by atoms with van der Waals surface area (Å²) in [4.78, 5) is 26.7. The molecule has 2 aromatic heterocycles. The van der Waals surface area contributed by atoms with E-state index in [4.69, 9.17) is 14.6 Å². The maximum atomic E-state index is 12.3. The van der Waals surface area contributed by atoms with Crippen LogP contribution in [0.25, 0.3) is 33.4 Å². The van der Waals surface area contributed by atoms with Crippen LogP contribution in [0.2, 0.25) is 0 Å². The molecule has 0 unspecified atom stereocenters. The van der Waals surface area contributed by atoms with Gasteiger partial charge in [-0.15, -0.1) is 30.0 Å². The summed E-state index contributed by atoms with van der Waals surface area (Å²) in [6.07, 6.45) is 8.62. The molecule has 328 valence electrons. The van der Waals surface area contributed by atoms with Crippen molar-refractivity contribution in [2.45, 2.75) is 124 Å². The zero-order chi connectivity index (χ0) is 44.7. The molecule has 0 amide bonds. The van der Waals surface area contributed by atoms with E-state index in [1.54, 1.807) is 0 Å². The number of hydrogen-bond acceptors (Lipinski definition) is 11. The van der Waals surface area contributed by atoms with Crippen molar-refractivity contribution in [2.24, 2.45) is 0 Å². The number of unbranched alkanes of at least 4 members (excludes halogenated alkanes) is 5. The molecular formula is C48H64N6O7. The summed E-state index contributed by atoms with van der Waals surface area (Å²) in [5.41, 5.74) is 6.98. The lowest BCUT2D eigenvalue weighted by molar-refractivity contribution is -0.144. The van der Waals surface area contributed by atoms with Gasteiger partial charge in [0.25, 0.3) is 0 Å². The maximum Gasteiger partial charge on any atom is 0.306 e. The van der Waals surface area contributed by atoms with Gasteiger partial charge in [0, 0.05) is 31.1 Å². The topological polar surface area (TPSA) is 175 Å². The Balaban J connectivity index is 0.000000265. The molecule has 61 heavy (non-hydrogen) atoms. The molecular weight excluding hydrogens is 773 g/mol. The van der Waals surface area contributed by atoms with Gasteiger partial charge in [-0.05, 0) is 77.6 Å². The molecule has 0 fully saturated rings. The van der Waals surface area contributed by atoms with Crippen molar-refractivity contribution in [3.05, 3.63) is 95.1 Å². The van der Waals surface area contributed by atoms with Crippen LogP contribution < -0.4 is 0 Å². The van der Waals surface area contributed by atoms with E-state index in [2.05, 4.69) is 48.1 Å². The zero-order valence-electron chi connectivity index (χ0n) is 37.4. The molecule has 0 spiro atoms. The van der Waals surface area contributed by atoms with Crippen LogP contribution in [-0.2, 0) is 42.7 Å². The van der Waals surface area contributed by atoms with Crippen LogP contribution in [0.15, 0.2) is 72.8 Å². The number of phenolic OH excluding ortho intramolecular Hbond substituents is 2. The smallest absolute Gasteiger partial charge is 0.306 e. The standard InChI is InChI=1S/C27H37N3O3.C20H23N3O3.CH4O/c1-5-6-7-8-9-12-17-33-25(31)16-15-20-18-21(27(2,3)4)26(32)24(19-20)30-28-22-13-10-11-14-23(22)29-30;1-20(2,3)14-11-13(9-10-18(24)26-4)12-17(19(14)25)23-21-15-7-5-6-8-16(15)22-23;1-2/h10-11,13-14,18-19,32H,5-9,12,15-17H2,1-4H3;5-8,11-12,25H,9-10H2,1-4H3;2H,1H3. The predicted molar refractivity (Wildman–Crippen MR) is 240 cm³/mol. The summed E-state index contributed by atoms with van der Waals surface area (Å²) < 4.78 is 10.2. The van der Waals surface area contributed by atoms with Gasteiger partial charge in [-0.2, -0.15) is 0 Å². The lowest BCUT2D eigenvalue weighted by Crippen LogP contribution is -2.14. The number of rotatable bonds is 15. The normalized spacial score (nSPS) is 11.4. The molecule has 0 aliphatic rings. The summed E-state index contributed by atoms with van der Waals surface area (Å²) in [5, 5.41) is 46.9. The fraction of sp³-hybridized carbons (Fsp3) is 0.458. The number of methoxy groups -OCH3 is 1. The number of aliphatic hydroxyl groups is 1. The van der Waals surface area contributed by atoms with E-state index in [1.165, 1.54) is 42.4 Å². The number of benzene rings is 4. The maximum absolute atomic E-state index is 12.3. The van der Waals surface area contributed by atoms with E-state index in [0.717, 1.165) is 64.3 Å². The summed E-state index contributed by atoms with van der Waals surface area (Å²) in [6, 6.07) is 22.8. The molecule has 0 saturated heterocycles. The van der Waals surface area contributed by atoms with E-state index in [1.807, 2.05) is 93.6 Å². The van der Waals surface area contributed by atoms with Gasteiger partial charge in [0.05, 0.1) is 13.7 Å². The number of hydrogen-bond donors (Lipinski definition) is 3. The Bertz CT molecular complexity index is 2290. The zero-order valence-corrected chi connectivity index (χ0v) is 37.4. The Hall–Kier alpha value is -5.82. The fourth-order valence-corrected chi connectivity index (χ4v) is 6.76. The number of aryl methyl sites for hydroxylation is 2. The Kier molecular flexibility index (Phi) is 17.4. The number of phenols is 2. The second-order valence-electron chi connectivity index (χ2n) is 17.0. The molecule has 4 aromatic carbocycles. The molecule has 0 bridgehead atoms. The van der Waals surface area contributed by atoms with Gasteiger partial charge >= 0.3 is 11.9 Å². The Morgan fingerprint density at radius 1 is 0.590 bits per heavy atom. The summed E-state index contributed by atoms with van der Waals surface area (Å²) in [6.45, 7) is 14.9. The first-order valence-electron chi connectivity index (χ1n) is 21.1. The highest BCUT2D eigenvalue weighted by atomic mass is 16.5. The van der Waals surface area contributed by atoms with Crippen molar-refractivity contribution in [3.8, 4) is 22.9 Å². The van der Waals surface area contributed by atoms with Crippen molar-refractivity contribution in [2.75, 3.05) is 20.8 Å². The van der Waals surface area contributed by atoms with E-state index >= 15 is 0 Å². The van der Waals surface area contributed by atoms with Crippen molar-refractivity contribution < 1.29 is 34.4 Å². The SMILES string of the molecule is CCCCCCCCOC(=O)CCc1cc(-n2nc3ccccc3n2)c(O)c(C(C)(C)C)c1.CO.COC(=O)CCc1cc(-n2nc3ccccc3n2)c(O)c(C(C)(C)C)c1. The molecule has 2 heterocycles. The van der Waals surface area contributed by atoms with Crippen molar-refractivity contribution in [1.29, 1.82) is 0 Å². The van der Waals surface area contributed by atoms with Gasteiger partial charge in [0.2, 0.25) is 0 Å². The first-order chi connectivity index (χ1) is 29.1. The number of fused-ring (bicyclic) bond motifs is 2. The number of esters is 2. The van der Waals surface area contributed by atoms with Crippen molar-refractivity contribution in [1.82, 2.24) is 30.0 Å². The second kappa shape index (κ2) is 22.1. The van der Waals surface area contributed by atoms with Crippen LogP contribution in [0.4, 0.5) is 0 Å². The van der Waals surface area contributed by atoms with Crippen LogP contribution >= 0.6 is 0 Å². The summed E-state index contributed by atoms with van der Waals surface area (Å²) in [7, 11) is 2.38. The average molecular weight is 837 g/mol. The van der Waals surface area contributed by atoms with Gasteiger partial charge < -0.3 is 24.8 Å². The molecule has 13 nitrogen and oxygen atoms in total. The largest absolute Gasteiger partial charge is 0.505 e. The van der Waals surface area contributed by atoms with E-state index in [0.29, 0.717) is 37.2 Å². The molecule has 0 radical (unpaired) electrons. The van der Waals surface area contributed by atoms with Gasteiger partial charge in [-0.3, -0.25) is 9.59 Å².